The van der Waals surface area contributed by atoms with E-state index in [1.165, 1.54) is 6.07 Å². The van der Waals surface area contributed by atoms with Crippen LogP contribution in [0, 0.1) is 5.82 Å². The van der Waals surface area contributed by atoms with Crippen molar-refractivity contribution in [1.29, 1.82) is 0 Å². The van der Waals surface area contributed by atoms with E-state index >= 15 is 0 Å². The zero-order chi connectivity index (χ0) is 13.8. The summed E-state index contributed by atoms with van der Waals surface area (Å²) in [6.45, 7) is 0. The molecule has 1 aromatic heterocycles. The van der Waals surface area contributed by atoms with Gasteiger partial charge in [0.1, 0.15) is 5.82 Å². The molecule has 0 saturated heterocycles. The van der Waals surface area contributed by atoms with Crippen LogP contribution in [0.15, 0.2) is 36.5 Å². The summed E-state index contributed by atoms with van der Waals surface area (Å²) in [7, 11) is 0. The first-order chi connectivity index (χ1) is 9.11. The van der Waals surface area contributed by atoms with Crippen molar-refractivity contribution in [1.82, 2.24) is 10.4 Å². The minimum Gasteiger partial charge on any atom is -0.271 e. The van der Waals surface area contributed by atoms with Crippen molar-refractivity contribution in [3.8, 4) is 0 Å². The van der Waals surface area contributed by atoms with Crippen LogP contribution >= 0.6 is 23.2 Å². The van der Waals surface area contributed by atoms with E-state index in [0.717, 1.165) is 11.8 Å². The van der Waals surface area contributed by atoms with Crippen LogP contribution in [0.3, 0.4) is 0 Å². The lowest BCUT2D eigenvalue weighted by atomic mass is 10.0. The summed E-state index contributed by atoms with van der Waals surface area (Å²) in [6, 6.07) is 8.05. The predicted octanol–water partition coefficient (Wildman–Crippen LogP) is 3.27. The number of aromatic nitrogens is 1. The van der Waals surface area contributed by atoms with E-state index in [4.69, 9.17) is 29.0 Å². The summed E-state index contributed by atoms with van der Waals surface area (Å²) < 4.78 is 12.8. The molecule has 2 rings (SSSR count). The molecule has 0 bridgehead atoms. The van der Waals surface area contributed by atoms with Crippen LogP contribution in [0.2, 0.25) is 10.0 Å². The zero-order valence-electron chi connectivity index (χ0n) is 9.91. The Bertz CT molecular complexity index is 560. The molecule has 0 aliphatic carbocycles. The number of halogens is 3. The molecule has 0 spiro atoms. The summed E-state index contributed by atoms with van der Waals surface area (Å²) in [5.41, 5.74) is 4.14. The molecule has 0 fully saturated rings. The molecule has 1 unspecified atom stereocenters. The molecule has 0 radical (unpaired) electrons. The van der Waals surface area contributed by atoms with Crippen LogP contribution in [-0.4, -0.2) is 4.98 Å². The molecule has 0 saturated carbocycles. The zero-order valence-corrected chi connectivity index (χ0v) is 11.4. The van der Waals surface area contributed by atoms with Gasteiger partial charge in [0, 0.05) is 0 Å². The molecule has 19 heavy (non-hydrogen) atoms. The largest absolute Gasteiger partial charge is 0.271 e. The van der Waals surface area contributed by atoms with Crippen LogP contribution in [0.4, 0.5) is 4.39 Å². The lowest BCUT2D eigenvalue weighted by Crippen LogP contribution is -2.30. The minimum absolute atomic E-state index is 0.267. The minimum atomic E-state index is -0.389. The van der Waals surface area contributed by atoms with Crippen molar-refractivity contribution in [2.45, 2.75) is 12.5 Å². The van der Waals surface area contributed by atoms with Crippen molar-refractivity contribution in [2.75, 3.05) is 0 Å². The van der Waals surface area contributed by atoms with Crippen molar-refractivity contribution in [2.24, 2.45) is 5.84 Å². The van der Waals surface area contributed by atoms with Crippen molar-refractivity contribution in [3.05, 3.63) is 63.6 Å². The van der Waals surface area contributed by atoms with E-state index in [-0.39, 0.29) is 11.9 Å². The van der Waals surface area contributed by atoms with Gasteiger partial charge in [0.25, 0.3) is 0 Å². The Kier molecular flexibility index (Phi) is 4.71. The van der Waals surface area contributed by atoms with Gasteiger partial charge in [-0.3, -0.25) is 16.3 Å². The standard InChI is InChI=1S/C13H12Cl2FN3/c14-10-3-1-2-8(13(10)15)6-12(19-17)11-5-4-9(16)7-18-11/h1-5,7,12,19H,6,17H2. The SMILES string of the molecule is NNC(Cc1cccc(Cl)c1Cl)c1ccc(F)cn1. The lowest BCUT2D eigenvalue weighted by molar-refractivity contribution is 0.533. The van der Waals surface area contributed by atoms with E-state index in [9.17, 15) is 4.39 Å². The van der Waals surface area contributed by atoms with E-state index in [2.05, 4.69) is 10.4 Å². The highest BCUT2D eigenvalue weighted by atomic mass is 35.5. The molecule has 100 valence electrons. The van der Waals surface area contributed by atoms with Gasteiger partial charge in [-0.1, -0.05) is 35.3 Å². The average molecular weight is 300 g/mol. The fourth-order valence-electron chi connectivity index (χ4n) is 1.77. The van der Waals surface area contributed by atoms with E-state index in [1.807, 2.05) is 12.1 Å². The Morgan fingerprint density at radius 1 is 1.26 bits per heavy atom. The third-order valence-electron chi connectivity index (χ3n) is 2.76. The quantitative estimate of drug-likeness (QED) is 0.673. The molecule has 0 aliphatic rings. The molecular formula is C13H12Cl2FN3. The molecule has 3 nitrogen and oxygen atoms in total. The summed E-state index contributed by atoms with van der Waals surface area (Å²) in [6.07, 6.45) is 1.66. The van der Waals surface area contributed by atoms with Gasteiger partial charge in [-0.25, -0.2) is 4.39 Å². The highest BCUT2D eigenvalue weighted by Crippen LogP contribution is 2.28. The van der Waals surface area contributed by atoms with Crippen LogP contribution in [0.25, 0.3) is 0 Å². The summed E-state index contributed by atoms with van der Waals surface area (Å²) in [5.74, 6) is 5.13. The predicted molar refractivity (Wildman–Crippen MR) is 74.4 cm³/mol. The van der Waals surface area contributed by atoms with Gasteiger partial charge in [-0.15, -0.1) is 0 Å². The second-order valence-corrected chi connectivity index (χ2v) is 4.82. The Hall–Kier alpha value is -1.20. The molecule has 6 heteroatoms. The molecular weight excluding hydrogens is 288 g/mol. The first kappa shape index (κ1) is 14.2. The maximum absolute atomic E-state index is 12.8. The number of hydrazine groups is 1. The maximum Gasteiger partial charge on any atom is 0.141 e. The van der Waals surface area contributed by atoms with E-state index in [1.54, 1.807) is 12.1 Å². The summed E-state index contributed by atoms with van der Waals surface area (Å²) in [4.78, 5) is 4.00. The first-order valence-corrected chi connectivity index (χ1v) is 6.38. The van der Waals surface area contributed by atoms with Crippen molar-refractivity contribution in [3.63, 3.8) is 0 Å². The van der Waals surface area contributed by atoms with Gasteiger partial charge in [-0.05, 0) is 30.2 Å². The van der Waals surface area contributed by atoms with Crippen LogP contribution < -0.4 is 11.3 Å². The number of nitrogens with one attached hydrogen (secondary N) is 1. The number of rotatable bonds is 4. The van der Waals surface area contributed by atoms with Gasteiger partial charge >= 0.3 is 0 Å². The van der Waals surface area contributed by atoms with Gasteiger partial charge < -0.3 is 0 Å². The van der Waals surface area contributed by atoms with Crippen LogP contribution in [0.5, 0.6) is 0 Å². The monoisotopic (exact) mass is 299 g/mol. The molecule has 0 amide bonds. The van der Waals surface area contributed by atoms with Crippen molar-refractivity contribution >= 4 is 23.2 Å². The topological polar surface area (TPSA) is 50.9 Å². The summed E-state index contributed by atoms with van der Waals surface area (Å²) >= 11 is 12.1. The number of nitrogens with two attached hydrogens (primary N) is 1. The smallest absolute Gasteiger partial charge is 0.141 e. The lowest BCUT2D eigenvalue weighted by Gasteiger charge is -2.16. The third kappa shape index (κ3) is 3.42. The normalized spacial score (nSPS) is 12.4. The number of hydrogen-bond acceptors (Lipinski definition) is 3. The van der Waals surface area contributed by atoms with E-state index in [0.29, 0.717) is 22.2 Å². The molecule has 3 N–H and O–H groups in total. The highest BCUT2D eigenvalue weighted by Gasteiger charge is 2.15. The van der Waals surface area contributed by atoms with Crippen LogP contribution in [0.1, 0.15) is 17.3 Å². The number of benzene rings is 1. The fourth-order valence-corrected chi connectivity index (χ4v) is 2.17. The molecule has 1 aromatic carbocycles. The number of nitrogens with zero attached hydrogens (tertiary/aromatic N) is 1. The maximum atomic E-state index is 12.8. The Labute approximate surface area is 120 Å². The molecule has 0 aliphatic heterocycles. The van der Waals surface area contributed by atoms with E-state index < -0.39 is 0 Å². The molecule has 1 heterocycles. The first-order valence-electron chi connectivity index (χ1n) is 5.62. The number of pyridine rings is 1. The molecule has 1 atom stereocenters. The number of hydrogen-bond donors (Lipinski definition) is 2. The second kappa shape index (κ2) is 6.30. The van der Waals surface area contributed by atoms with Gasteiger partial charge in [0.05, 0.1) is 28.0 Å². The fraction of sp³-hybridized carbons (Fsp3) is 0.154. The van der Waals surface area contributed by atoms with Crippen molar-refractivity contribution < 1.29 is 4.39 Å². The highest BCUT2D eigenvalue weighted by molar-refractivity contribution is 6.42. The van der Waals surface area contributed by atoms with Gasteiger partial charge in [0.15, 0.2) is 0 Å². The summed E-state index contributed by atoms with van der Waals surface area (Å²) in [5, 5.41) is 0.980. The van der Waals surface area contributed by atoms with Crippen LogP contribution in [-0.2, 0) is 6.42 Å². The Balaban J connectivity index is 2.24. The average Bonchev–Trinajstić information content (AvgIpc) is 2.42. The molecule has 2 aromatic rings. The Morgan fingerprint density at radius 2 is 2.05 bits per heavy atom. The van der Waals surface area contributed by atoms with Gasteiger partial charge in [-0.2, -0.15) is 0 Å². The Morgan fingerprint density at radius 3 is 2.68 bits per heavy atom. The van der Waals surface area contributed by atoms with Gasteiger partial charge in [0.2, 0.25) is 0 Å². The third-order valence-corrected chi connectivity index (χ3v) is 3.62. The second-order valence-electron chi connectivity index (χ2n) is 4.04.